The molecule has 55 heavy (non-hydrogen) atoms. The molecule has 0 N–H and O–H groups in total. The Bertz CT molecular complexity index is 2940. The third kappa shape index (κ3) is 5.48. The molecule has 0 bridgehead atoms. The van der Waals surface area contributed by atoms with Gasteiger partial charge in [-0.2, -0.15) is 5.26 Å². The van der Waals surface area contributed by atoms with E-state index in [9.17, 15) is 5.26 Å². The SMILES string of the molecule is CC1(C)c2cc(-c3cc(-c4cccnc4)cc(-c4cc(-c5ccccc5)nc(-c5ccccc5)n4)c3)ccc2-c2ccc3ccc4cc(C#N)ccc4c3c21. The van der Waals surface area contributed by atoms with Gasteiger partial charge in [-0.1, -0.05) is 123 Å². The van der Waals surface area contributed by atoms with Crippen LogP contribution in [-0.4, -0.2) is 15.0 Å². The zero-order valence-electron chi connectivity index (χ0n) is 30.5. The first-order valence-electron chi connectivity index (χ1n) is 18.6. The molecular formula is C51H34N4. The van der Waals surface area contributed by atoms with E-state index in [4.69, 9.17) is 9.97 Å². The Morgan fingerprint density at radius 1 is 0.509 bits per heavy atom. The molecule has 0 saturated carbocycles. The molecule has 0 radical (unpaired) electrons. The van der Waals surface area contributed by atoms with Crippen LogP contribution in [0.1, 0.15) is 30.5 Å². The highest BCUT2D eigenvalue weighted by atomic mass is 14.9. The third-order valence-corrected chi connectivity index (χ3v) is 11.1. The fraction of sp³-hybridized carbons (Fsp3) is 0.0588. The molecule has 1 aliphatic rings. The van der Waals surface area contributed by atoms with Crippen LogP contribution >= 0.6 is 0 Å². The van der Waals surface area contributed by atoms with Gasteiger partial charge < -0.3 is 0 Å². The largest absolute Gasteiger partial charge is 0.264 e. The molecule has 4 nitrogen and oxygen atoms in total. The molecule has 0 atom stereocenters. The minimum absolute atomic E-state index is 0.270. The highest BCUT2D eigenvalue weighted by molar-refractivity contribution is 6.13. The molecule has 7 aromatic carbocycles. The predicted molar refractivity (Wildman–Crippen MR) is 224 cm³/mol. The second-order valence-electron chi connectivity index (χ2n) is 14.8. The van der Waals surface area contributed by atoms with Gasteiger partial charge in [-0.25, -0.2) is 9.97 Å². The Morgan fingerprint density at radius 2 is 1.16 bits per heavy atom. The van der Waals surface area contributed by atoms with Crippen molar-refractivity contribution in [3.05, 3.63) is 187 Å². The van der Waals surface area contributed by atoms with Gasteiger partial charge in [0.25, 0.3) is 0 Å². The van der Waals surface area contributed by atoms with Crippen LogP contribution in [0.5, 0.6) is 0 Å². The van der Waals surface area contributed by atoms with Gasteiger partial charge >= 0.3 is 0 Å². The summed E-state index contributed by atoms with van der Waals surface area (Å²) in [6.45, 7) is 4.69. The summed E-state index contributed by atoms with van der Waals surface area (Å²) in [6, 6.07) is 57.6. The summed E-state index contributed by atoms with van der Waals surface area (Å²) in [5.41, 5.74) is 14.7. The molecule has 0 spiro atoms. The monoisotopic (exact) mass is 702 g/mol. The van der Waals surface area contributed by atoms with E-state index in [1.54, 1.807) is 0 Å². The minimum Gasteiger partial charge on any atom is -0.264 e. The van der Waals surface area contributed by atoms with E-state index in [2.05, 4.69) is 128 Å². The van der Waals surface area contributed by atoms with Crippen LogP contribution in [0.2, 0.25) is 0 Å². The molecular weight excluding hydrogens is 669 g/mol. The van der Waals surface area contributed by atoms with Crippen molar-refractivity contribution < 1.29 is 0 Å². The van der Waals surface area contributed by atoms with E-state index < -0.39 is 0 Å². The highest BCUT2D eigenvalue weighted by Crippen LogP contribution is 2.53. The topological polar surface area (TPSA) is 62.5 Å². The molecule has 258 valence electrons. The lowest BCUT2D eigenvalue weighted by Crippen LogP contribution is -2.15. The number of fused-ring (bicyclic) bond motifs is 7. The van der Waals surface area contributed by atoms with Gasteiger partial charge in [-0.3, -0.25) is 4.98 Å². The summed E-state index contributed by atoms with van der Waals surface area (Å²) in [5.74, 6) is 0.686. The molecule has 0 fully saturated rings. The molecule has 1 aliphatic carbocycles. The van der Waals surface area contributed by atoms with E-state index >= 15 is 0 Å². The maximum atomic E-state index is 9.61. The van der Waals surface area contributed by atoms with Crippen LogP contribution < -0.4 is 0 Å². The van der Waals surface area contributed by atoms with Crippen LogP contribution in [0, 0.1) is 11.3 Å². The van der Waals surface area contributed by atoms with Crippen molar-refractivity contribution in [3.63, 3.8) is 0 Å². The highest BCUT2D eigenvalue weighted by Gasteiger charge is 2.37. The lowest BCUT2D eigenvalue weighted by molar-refractivity contribution is 0.667. The Labute approximate surface area is 320 Å². The number of pyridine rings is 1. The number of hydrogen-bond donors (Lipinski definition) is 0. The van der Waals surface area contributed by atoms with Crippen molar-refractivity contribution in [1.29, 1.82) is 5.26 Å². The van der Waals surface area contributed by atoms with E-state index in [-0.39, 0.29) is 5.41 Å². The lowest BCUT2D eigenvalue weighted by Gasteiger charge is -2.24. The summed E-state index contributed by atoms with van der Waals surface area (Å²) in [7, 11) is 0. The van der Waals surface area contributed by atoms with Gasteiger partial charge in [-0.05, 0) is 109 Å². The molecule has 2 aromatic heterocycles. The number of nitrogens with zero attached hydrogens (tertiary/aromatic N) is 4. The molecule has 0 amide bonds. The maximum absolute atomic E-state index is 9.61. The summed E-state index contributed by atoms with van der Waals surface area (Å²) in [6.07, 6.45) is 3.73. The number of benzene rings is 7. The van der Waals surface area contributed by atoms with Gasteiger partial charge in [0.15, 0.2) is 5.82 Å². The van der Waals surface area contributed by atoms with Crippen LogP contribution in [0.4, 0.5) is 0 Å². The molecule has 0 unspecified atom stereocenters. The van der Waals surface area contributed by atoms with Crippen molar-refractivity contribution in [2.75, 3.05) is 0 Å². The van der Waals surface area contributed by atoms with Gasteiger partial charge in [0.2, 0.25) is 0 Å². The molecule has 9 aromatic rings. The van der Waals surface area contributed by atoms with E-state index in [1.807, 2.05) is 67.0 Å². The number of rotatable bonds is 5. The fourth-order valence-electron chi connectivity index (χ4n) is 8.42. The molecule has 4 heteroatoms. The maximum Gasteiger partial charge on any atom is 0.160 e. The quantitative estimate of drug-likeness (QED) is 0.168. The average molecular weight is 703 g/mol. The minimum atomic E-state index is -0.270. The summed E-state index contributed by atoms with van der Waals surface area (Å²) in [4.78, 5) is 14.7. The van der Waals surface area contributed by atoms with Gasteiger partial charge in [-0.15, -0.1) is 0 Å². The summed E-state index contributed by atoms with van der Waals surface area (Å²) >= 11 is 0. The van der Waals surface area contributed by atoms with Crippen LogP contribution in [0.3, 0.4) is 0 Å². The molecule has 2 heterocycles. The number of nitriles is 1. The normalized spacial score (nSPS) is 12.7. The zero-order valence-corrected chi connectivity index (χ0v) is 30.5. The number of hydrogen-bond acceptors (Lipinski definition) is 4. The summed E-state index contributed by atoms with van der Waals surface area (Å²) < 4.78 is 0. The van der Waals surface area contributed by atoms with E-state index in [1.165, 1.54) is 38.4 Å². The standard InChI is InChI=1S/C51H34N4/c1-51(2)45-28-36(19-21-43(45)44-22-18-34-16-17-37-24-32(30-52)15-20-42(37)48(34)49(44)51)39-25-40(38-14-9-23-53-31-38)27-41(26-39)47-29-46(33-10-5-3-6-11-33)54-50(55-47)35-12-7-4-8-13-35/h3-29,31H,1-2H3. The van der Waals surface area contributed by atoms with Crippen LogP contribution in [-0.2, 0) is 5.41 Å². The van der Waals surface area contributed by atoms with Crippen molar-refractivity contribution in [2.24, 2.45) is 0 Å². The predicted octanol–water partition coefficient (Wildman–Crippen LogP) is 12.7. The van der Waals surface area contributed by atoms with E-state index in [0.717, 1.165) is 55.7 Å². The van der Waals surface area contributed by atoms with Crippen LogP contribution in [0.25, 0.3) is 88.8 Å². The second-order valence-corrected chi connectivity index (χ2v) is 14.8. The second kappa shape index (κ2) is 12.7. The number of aromatic nitrogens is 3. The summed E-state index contributed by atoms with van der Waals surface area (Å²) in [5, 5.41) is 14.3. The average Bonchev–Trinajstić information content (AvgIpc) is 3.49. The van der Waals surface area contributed by atoms with Crippen molar-refractivity contribution in [1.82, 2.24) is 15.0 Å². The molecule has 0 aliphatic heterocycles. The Morgan fingerprint density at radius 3 is 1.91 bits per heavy atom. The molecule has 0 saturated heterocycles. The lowest BCUT2D eigenvalue weighted by atomic mass is 9.78. The van der Waals surface area contributed by atoms with Gasteiger partial charge in [0.1, 0.15) is 0 Å². The van der Waals surface area contributed by atoms with Crippen molar-refractivity contribution in [3.8, 4) is 73.4 Å². The Kier molecular flexibility index (Phi) is 7.50. The van der Waals surface area contributed by atoms with Crippen molar-refractivity contribution >= 4 is 21.5 Å². The van der Waals surface area contributed by atoms with Gasteiger partial charge in [0.05, 0.1) is 23.0 Å². The van der Waals surface area contributed by atoms with Gasteiger partial charge in [0, 0.05) is 40.1 Å². The van der Waals surface area contributed by atoms with Crippen LogP contribution in [0.15, 0.2) is 170 Å². The first-order valence-corrected chi connectivity index (χ1v) is 18.6. The first-order chi connectivity index (χ1) is 26.9. The van der Waals surface area contributed by atoms with E-state index in [0.29, 0.717) is 11.4 Å². The Hall–Kier alpha value is -7.22. The Balaban J connectivity index is 1.16. The first kappa shape index (κ1) is 32.4. The third-order valence-electron chi connectivity index (χ3n) is 11.1. The fourth-order valence-corrected chi connectivity index (χ4v) is 8.42. The smallest absolute Gasteiger partial charge is 0.160 e. The zero-order chi connectivity index (χ0) is 37.1. The van der Waals surface area contributed by atoms with Crippen molar-refractivity contribution in [2.45, 2.75) is 19.3 Å². The molecule has 10 rings (SSSR count).